The average molecular weight is 185 g/mol. The lowest BCUT2D eigenvalue weighted by Crippen LogP contribution is -2.13. The highest BCUT2D eigenvalue weighted by molar-refractivity contribution is 5.81. The number of esters is 1. The molecular formula is C10H19NO2. The molecule has 0 aliphatic heterocycles. The standard InChI is InChI=1S/C10H19NO2/c1-4-7-10(12)13-9-6-5-8-11(2)3/h4,7H,5-6,8-9H2,1-3H3/b7-4-. The summed E-state index contributed by atoms with van der Waals surface area (Å²) in [6, 6.07) is 0. The Morgan fingerprint density at radius 1 is 1.38 bits per heavy atom. The van der Waals surface area contributed by atoms with Gasteiger partial charge in [0.25, 0.3) is 0 Å². The molecule has 13 heavy (non-hydrogen) atoms. The van der Waals surface area contributed by atoms with Crippen LogP contribution in [0.3, 0.4) is 0 Å². The molecule has 0 spiro atoms. The number of unbranched alkanes of at least 4 members (excludes halogenated alkanes) is 1. The van der Waals surface area contributed by atoms with Crippen LogP contribution in [0, 0.1) is 0 Å². The number of carbonyl (C=O) groups is 1. The molecule has 0 aliphatic carbocycles. The molecule has 0 aliphatic rings. The Balaban J connectivity index is 3.21. The van der Waals surface area contributed by atoms with Gasteiger partial charge in [-0.15, -0.1) is 0 Å². The second-order valence-electron chi connectivity index (χ2n) is 3.18. The minimum absolute atomic E-state index is 0.243. The van der Waals surface area contributed by atoms with Gasteiger partial charge in [0.2, 0.25) is 0 Å². The van der Waals surface area contributed by atoms with Crippen LogP contribution in [0.4, 0.5) is 0 Å². The first kappa shape index (κ1) is 12.2. The second kappa shape index (κ2) is 7.80. The van der Waals surface area contributed by atoms with Crippen LogP contribution in [-0.4, -0.2) is 38.1 Å². The van der Waals surface area contributed by atoms with Gasteiger partial charge in [-0.3, -0.25) is 0 Å². The lowest BCUT2D eigenvalue weighted by Gasteiger charge is -2.08. The van der Waals surface area contributed by atoms with E-state index in [1.165, 1.54) is 6.08 Å². The largest absolute Gasteiger partial charge is 0.463 e. The topological polar surface area (TPSA) is 29.5 Å². The van der Waals surface area contributed by atoms with E-state index in [4.69, 9.17) is 4.74 Å². The van der Waals surface area contributed by atoms with Crippen LogP contribution in [0.5, 0.6) is 0 Å². The number of nitrogens with zero attached hydrogens (tertiary/aromatic N) is 1. The van der Waals surface area contributed by atoms with E-state index in [-0.39, 0.29) is 5.97 Å². The van der Waals surface area contributed by atoms with Gasteiger partial charge in [-0.1, -0.05) is 6.08 Å². The average Bonchev–Trinajstić information content (AvgIpc) is 2.03. The van der Waals surface area contributed by atoms with Gasteiger partial charge in [0, 0.05) is 6.08 Å². The minimum atomic E-state index is -0.243. The molecule has 3 nitrogen and oxygen atoms in total. The molecule has 76 valence electrons. The van der Waals surface area contributed by atoms with Crippen molar-refractivity contribution in [2.45, 2.75) is 19.8 Å². The van der Waals surface area contributed by atoms with E-state index in [9.17, 15) is 4.79 Å². The highest BCUT2D eigenvalue weighted by atomic mass is 16.5. The van der Waals surface area contributed by atoms with Crippen LogP contribution in [0.1, 0.15) is 19.8 Å². The molecule has 0 heterocycles. The van der Waals surface area contributed by atoms with E-state index in [2.05, 4.69) is 4.90 Å². The van der Waals surface area contributed by atoms with Gasteiger partial charge < -0.3 is 9.64 Å². The lowest BCUT2D eigenvalue weighted by atomic mass is 10.3. The molecule has 0 fully saturated rings. The molecular weight excluding hydrogens is 166 g/mol. The van der Waals surface area contributed by atoms with Crippen molar-refractivity contribution >= 4 is 5.97 Å². The maximum atomic E-state index is 10.8. The predicted molar refractivity (Wildman–Crippen MR) is 53.6 cm³/mol. The van der Waals surface area contributed by atoms with Gasteiger partial charge in [0.1, 0.15) is 0 Å². The number of allylic oxidation sites excluding steroid dienone is 1. The molecule has 0 atom stereocenters. The van der Waals surface area contributed by atoms with Crippen molar-refractivity contribution in [3.63, 3.8) is 0 Å². The fraction of sp³-hybridized carbons (Fsp3) is 0.700. The molecule has 0 N–H and O–H groups in total. The third-order valence-corrected chi connectivity index (χ3v) is 1.55. The number of ether oxygens (including phenoxy) is 1. The van der Waals surface area contributed by atoms with Gasteiger partial charge in [-0.2, -0.15) is 0 Å². The van der Waals surface area contributed by atoms with E-state index in [1.807, 2.05) is 14.1 Å². The maximum absolute atomic E-state index is 10.8. The molecule has 0 rings (SSSR count). The summed E-state index contributed by atoms with van der Waals surface area (Å²) < 4.78 is 4.92. The number of hydrogen-bond acceptors (Lipinski definition) is 3. The SMILES string of the molecule is C/C=C\C(=O)OCCCCN(C)C. The first-order chi connectivity index (χ1) is 6.16. The quantitative estimate of drug-likeness (QED) is 0.356. The molecule has 0 radical (unpaired) electrons. The normalized spacial score (nSPS) is 11.1. The van der Waals surface area contributed by atoms with Crippen LogP contribution in [0.25, 0.3) is 0 Å². The number of carbonyl (C=O) groups excluding carboxylic acids is 1. The van der Waals surface area contributed by atoms with Gasteiger partial charge in [0.15, 0.2) is 0 Å². The van der Waals surface area contributed by atoms with E-state index in [0.29, 0.717) is 6.61 Å². The molecule has 0 amide bonds. The number of hydrogen-bond donors (Lipinski definition) is 0. The predicted octanol–water partition coefficient (Wildman–Crippen LogP) is 1.45. The Kier molecular flexibility index (Phi) is 7.30. The van der Waals surface area contributed by atoms with Crippen LogP contribution < -0.4 is 0 Å². The zero-order valence-electron chi connectivity index (χ0n) is 8.75. The Labute approximate surface area is 80.4 Å². The Morgan fingerprint density at radius 3 is 2.62 bits per heavy atom. The van der Waals surface area contributed by atoms with Crippen molar-refractivity contribution in [1.29, 1.82) is 0 Å². The summed E-state index contributed by atoms with van der Waals surface area (Å²) in [7, 11) is 4.07. The van der Waals surface area contributed by atoms with E-state index >= 15 is 0 Å². The zero-order chi connectivity index (χ0) is 10.1. The molecule has 3 heteroatoms. The summed E-state index contributed by atoms with van der Waals surface area (Å²) in [5.74, 6) is -0.243. The molecule has 0 aromatic carbocycles. The van der Waals surface area contributed by atoms with Crippen LogP contribution in [0.2, 0.25) is 0 Å². The molecule has 0 aromatic rings. The van der Waals surface area contributed by atoms with Crippen LogP contribution >= 0.6 is 0 Å². The Morgan fingerprint density at radius 2 is 2.08 bits per heavy atom. The van der Waals surface area contributed by atoms with Crippen LogP contribution in [-0.2, 0) is 9.53 Å². The highest BCUT2D eigenvalue weighted by Gasteiger charge is 1.95. The Hall–Kier alpha value is -0.830. The monoisotopic (exact) mass is 185 g/mol. The molecule has 0 bridgehead atoms. The minimum Gasteiger partial charge on any atom is -0.463 e. The summed E-state index contributed by atoms with van der Waals surface area (Å²) >= 11 is 0. The van der Waals surface area contributed by atoms with E-state index < -0.39 is 0 Å². The first-order valence-corrected chi connectivity index (χ1v) is 4.61. The van der Waals surface area contributed by atoms with Gasteiger partial charge in [0.05, 0.1) is 6.61 Å². The molecule has 0 saturated carbocycles. The van der Waals surface area contributed by atoms with Crippen molar-refractivity contribution in [3.05, 3.63) is 12.2 Å². The maximum Gasteiger partial charge on any atom is 0.330 e. The van der Waals surface area contributed by atoms with E-state index in [0.717, 1.165) is 19.4 Å². The lowest BCUT2D eigenvalue weighted by molar-refractivity contribution is -0.137. The molecule has 0 aromatic heterocycles. The number of rotatable bonds is 6. The fourth-order valence-electron chi connectivity index (χ4n) is 0.887. The Bertz CT molecular complexity index is 164. The van der Waals surface area contributed by atoms with Gasteiger partial charge >= 0.3 is 5.97 Å². The zero-order valence-corrected chi connectivity index (χ0v) is 8.75. The van der Waals surface area contributed by atoms with Crippen molar-refractivity contribution in [1.82, 2.24) is 4.90 Å². The summed E-state index contributed by atoms with van der Waals surface area (Å²) in [5, 5.41) is 0. The smallest absolute Gasteiger partial charge is 0.330 e. The summed E-state index contributed by atoms with van der Waals surface area (Å²) in [6.07, 6.45) is 5.12. The molecule has 0 unspecified atom stereocenters. The summed E-state index contributed by atoms with van der Waals surface area (Å²) in [4.78, 5) is 12.9. The first-order valence-electron chi connectivity index (χ1n) is 4.61. The van der Waals surface area contributed by atoms with Crippen LogP contribution in [0.15, 0.2) is 12.2 Å². The van der Waals surface area contributed by atoms with Gasteiger partial charge in [-0.05, 0) is 40.4 Å². The third kappa shape index (κ3) is 9.08. The van der Waals surface area contributed by atoms with E-state index in [1.54, 1.807) is 13.0 Å². The van der Waals surface area contributed by atoms with Crippen molar-refractivity contribution in [2.24, 2.45) is 0 Å². The van der Waals surface area contributed by atoms with Crippen molar-refractivity contribution < 1.29 is 9.53 Å². The summed E-state index contributed by atoms with van der Waals surface area (Å²) in [6.45, 7) is 3.37. The van der Waals surface area contributed by atoms with Crippen molar-refractivity contribution in [2.75, 3.05) is 27.2 Å². The summed E-state index contributed by atoms with van der Waals surface area (Å²) in [5.41, 5.74) is 0. The van der Waals surface area contributed by atoms with Gasteiger partial charge in [-0.25, -0.2) is 4.79 Å². The third-order valence-electron chi connectivity index (χ3n) is 1.55. The highest BCUT2D eigenvalue weighted by Crippen LogP contribution is 1.92. The van der Waals surface area contributed by atoms with Crippen molar-refractivity contribution in [3.8, 4) is 0 Å². The fourth-order valence-corrected chi connectivity index (χ4v) is 0.887. The second-order valence-corrected chi connectivity index (χ2v) is 3.18. The molecule has 0 saturated heterocycles.